The van der Waals surface area contributed by atoms with Gasteiger partial charge in [-0.15, -0.1) is 9.73 Å². The third-order valence-corrected chi connectivity index (χ3v) is 2.76. The van der Waals surface area contributed by atoms with Crippen LogP contribution >= 0.6 is 0 Å². The smallest absolute Gasteiger partial charge is 0.199 e. The SMILES string of the molecule is CCCNC(CC)Cc1ccc2nnnn2n1. The summed E-state index contributed by atoms with van der Waals surface area (Å²) in [5.74, 6) is 0. The molecule has 0 radical (unpaired) electrons. The Bertz CT molecular complexity index is 466. The first-order valence-corrected chi connectivity index (χ1v) is 6.11. The molecule has 6 nitrogen and oxygen atoms in total. The third kappa shape index (κ3) is 2.97. The van der Waals surface area contributed by atoms with Crippen molar-refractivity contribution in [3.05, 3.63) is 17.8 Å². The number of hydrogen-bond donors (Lipinski definition) is 1. The van der Waals surface area contributed by atoms with Crippen LogP contribution in [0, 0.1) is 0 Å². The van der Waals surface area contributed by atoms with E-state index >= 15 is 0 Å². The van der Waals surface area contributed by atoms with Crippen LogP contribution in [0.15, 0.2) is 12.1 Å². The fraction of sp³-hybridized carbons (Fsp3) is 0.636. The van der Waals surface area contributed by atoms with Gasteiger partial charge in [0.05, 0.1) is 5.69 Å². The minimum atomic E-state index is 0.469. The summed E-state index contributed by atoms with van der Waals surface area (Å²) < 4.78 is 1.47. The first-order valence-electron chi connectivity index (χ1n) is 6.11. The van der Waals surface area contributed by atoms with Crippen molar-refractivity contribution in [2.75, 3.05) is 6.54 Å². The summed E-state index contributed by atoms with van der Waals surface area (Å²) in [5.41, 5.74) is 1.70. The average Bonchev–Trinajstić information content (AvgIpc) is 2.81. The van der Waals surface area contributed by atoms with E-state index in [1.54, 1.807) is 0 Å². The summed E-state index contributed by atoms with van der Waals surface area (Å²) in [5, 5.41) is 19.1. The number of tetrazole rings is 1. The molecule has 0 saturated carbocycles. The van der Waals surface area contributed by atoms with Gasteiger partial charge in [0, 0.05) is 12.5 Å². The van der Waals surface area contributed by atoms with E-state index in [4.69, 9.17) is 0 Å². The van der Waals surface area contributed by atoms with Crippen molar-refractivity contribution in [2.45, 2.75) is 39.2 Å². The predicted octanol–water partition coefficient (Wildman–Crippen LogP) is 0.840. The van der Waals surface area contributed by atoms with Crippen molar-refractivity contribution in [2.24, 2.45) is 0 Å². The summed E-state index contributed by atoms with van der Waals surface area (Å²) >= 11 is 0. The number of rotatable bonds is 6. The second-order valence-corrected chi connectivity index (χ2v) is 4.11. The second kappa shape index (κ2) is 5.67. The van der Waals surface area contributed by atoms with Crippen molar-refractivity contribution in [3.63, 3.8) is 0 Å². The Labute approximate surface area is 100 Å². The van der Waals surface area contributed by atoms with Gasteiger partial charge < -0.3 is 5.32 Å². The van der Waals surface area contributed by atoms with Crippen LogP contribution < -0.4 is 5.32 Å². The van der Waals surface area contributed by atoms with E-state index in [2.05, 4.69) is 39.8 Å². The summed E-state index contributed by atoms with van der Waals surface area (Å²) in [6.45, 7) is 5.40. The highest BCUT2D eigenvalue weighted by Gasteiger charge is 2.08. The van der Waals surface area contributed by atoms with Gasteiger partial charge in [-0.1, -0.05) is 13.8 Å². The van der Waals surface area contributed by atoms with Crippen LogP contribution in [0.1, 0.15) is 32.4 Å². The number of nitrogens with one attached hydrogen (secondary N) is 1. The lowest BCUT2D eigenvalue weighted by atomic mass is 10.1. The molecule has 2 heterocycles. The fourth-order valence-corrected chi connectivity index (χ4v) is 1.76. The van der Waals surface area contributed by atoms with E-state index in [0.29, 0.717) is 11.7 Å². The molecule has 0 fully saturated rings. The molecule has 2 aromatic heterocycles. The van der Waals surface area contributed by atoms with E-state index in [0.717, 1.165) is 31.5 Å². The fourth-order valence-electron chi connectivity index (χ4n) is 1.76. The van der Waals surface area contributed by atoms with Crippen LogP contribution in [-0.4, -0.2) is 37.8 Å². The maximum Gasteiger partial charge on any atom is 0.199 e. The molecule has 2 rings (SSSR count). The first-order chi connectivity index (χ1) is 8.33. The molecule has 0 aromatic carbocycles. The van der Waals surface area contributed by atoms with Crippen molar-refractivity contribution in [1.29, 1.82) is 0 Å². The van der Waals surface area contributed by atoms with Gasteiger partial charge in [0.25, 0.3) is 0 Å². The highest BCUT2D eigenvalue weighted by Crippen LogP contribution is 2.04. The summed E-state index contributed by atoms with van der Waals surface area (Å²) in [6, 6.07) is 4.35. The van der Waals surface area contributed by atoms with Gasteiger partial charge in [-0.25, -0.2) is 0 Å². The predicted molar refractivity (Wildman–Crippen MR) is 64.7 cm³/mol. The summed E-state index contributed by atoms with van der Waals surface area (Å²) in [6.07, 6.45) is 3.15. The molecular formula is C11H18N6. The van der Waals surface area contributed by atoms with Crippen LogP contribution in [0.5, 0.6) is 0 Å². The molecule has 0 bridgehead atoms. The van der Waals surface area contributed by atoms with Crippen LogP contribution in [0.3, 0.4) is 0 Å². The zero-order chi connectivity index (χ0) is 12.1. The molecule has 0 spiro atoms. The lowest BCUT2D eigenvalue weighted by molar-refractivity contribution is 0.486. The topological polar surface area (TPSA) is 68.0 Å². The minimum Gasteiger partial charge on any atom is -0.314 e. The Morgan fingerprint density at radius 3 is 3.00 bits per heavy atom. The highest BCUT2D eigenvalue weighted by molar-refractivity contribution is 5.32. The van der Waals surface area contributed by atoms with Crippen LogP contribution in [-0.2, 0) is 6.42 Å². The van der Waals surface area contributed by atoms with Gasteiger partial charge in [0.2, 0.25) is 0 Å². The lowest BCUT2D eigenvalue weighted by Gasteiger charge is -2.15. The molecule has 0 saturated heterocycles. The molecule has 0 amide bonds. The van der Waals surface area contributed by atoms with E-state index in [1.165, 1.54) is 4.63 Å². The van der Waals surface area contributed by atoms with Crippen molar-refractivity contribution >= 4 is 5.65 Å². The molecular weight excluding hydrogens is 216 g/mol. The van der Waals surface area contributed by atoms with Crippen molar-refractivity contribution in [3.8, 4) is 0 Å². The molecule has 92 valence electrons. The van der Waals surface area contributed by atoms with Crippen LogP contribution in [0.2, 0.25) is 0 Å². The van der Waals surface area contributed by atoms with E-state index < -0.39 is 0 Å². The standard InChI is InChI=1S/C11H18N6/c1-3-7-12-9(4-2)8-10-5-6-11-13-15-16-17(11)14-10/h5-6,9,12H,3-4,7-8H2,1-2H3. The van der Waals surface area contributed by atoms with E-state index in [9.17, 15) is 0 Å². The van der Waals surface area contributed by atoms with Gasteiger partial charge in [0.1, 0.15) is 0 Å². The van der Waals surface area contributed by atoms with Crippen molar-refractivity contribution in [1.82, 2.24) is 30.6 Å². The van der Waals surface area contributed by atoms with Gasteiger partial charge >= 0.3 is 0 Å². The first kappa shape index (κ1) is 11.9. The third-order valence-electron chi connectivity index (χ3n) is 2.76. The molecule has 0 aliphatic carbocycles. The van der Waals surface area contributed by atoms with E-state index in [1.807, 2.05) is 12.1 Å². The largest absolute Gasteiger partial charge is 0.314 e. The van der Waals surface area contributed by atoms with Crippen LogP contribution in [0.25, 0.3) is 5.65 Å². The minimum absolute atomic E-state index is 0.469. The zero-order valence-corrected chi connectivity index (χ0v) is 10.3. The molecule has 1 N–H and O–H groups in total. The van der Waals surface area contributed by atoms with Crippen LogP contribution in [0.4, 0.5) is 0 Å². The number of aromatic nitrogens is 5. The molecule has 0 aliphatic heterocycles. The normalized spacial score (nSPS) is 13.1. The number of hydrogen-bond acceptors (Lipinski definition) is 5. The summed E-state index contributed by atoms with van der Waals surface area (Å²) in [4.78, 5) is 0. The Balaban J connectivity index is 2.05. The van der Waals surface area contributed by atoms with Gasteiger partial charge in [0.15, 0.2) is 5.65 Å². The Kier molecular flexibility index (Phi) is 3.98. The highest BCUT2D eigenvalue weighted by atomic mass is 15.6. The Morgan fingerprint density at radius 1 is 1.35 bits per heavy atom. The summed E-state index contributed by atoms with van der Waals surface area (Å²) in [7, 11) is 0. The molecule has 6 heteroatoms. The molecule has 1 atom stereocenters. The number of fused-ring (bicyclic) bond motifs is 1. The Morgan fingerprint density at radius 2 is 2.24 bits per heavy atom. The quantitative estimate of drug-likeness (QED) is 0.802. The van der Waals surface area contributed by atoms with Gasteiger partial charge in [-0.2, -0.15) is 5.10 Å². The van der Waals surface area contributed by atoms with Crippen molar-refractivity contribution < 1.29 is 0 Å². The molecule has 0 aliphatic rings. The lowest BCUT2D eigenvalue weighted by Crippen LogP contribution is -2.31. The monoisotopic (exact) mass is 234 g/mol. The average molecular weight is 234 g/mol. The molecule has 17 heavy (non-hydrogen) atoms. The molecule has 1 unspecified atom stereocenters. The molecule has 2 aromatic rings. The zero-order valence-electron chi connectivity index (χ0n) is 10.3. The maximum atomic E-state index is 4.37. The maximum absolute atomic E-state index is 4.37. The second-order valence-electron chi connectivity index (χ2n) is 4.11. The Hall–Kier alpha value is -1.56. The van der Waals surface area contributed by atoms with E-state index in [-0.39, 0.29) is 0 Å². The van der Waals surface area contributed by atoms with Gasteiger partial charge in [-0.3, -0.25) is 0 Å². The van der Waals surface area contributed by atoms with Gasteiger partial charge in [-0.05, 0) is 41.9 Å². The number of nitrogens with zero attached hydrogens (tertiary/aromatic N) is 5.